The largest absolute Gasteiger partial charge is 0.329 e. The van der Waals surface area contributed by atoms with Gasteiger partial charge in [-0.05, 0) is 19.8 Å². The Morgan fingerprint density at radius 2 is 1.93 bits per heavy atom. The van der Waals surface area contributed by atoms with Gasteiger partial charge in [-0.1, -0.05) is 25.7 Å². The molecule has 1 fully saturated rings. The Balaban J connectivity index is 2.59. The van der Waals surface area contributed by atoms with E-state index in [1.807, 2.05) is 6.92 Å². The van der Waals surface area contributed by atoms with Crippen LogP contribution >= 0.6 is 0 Å². The van der Waals surface area contributed by atoms with Crippen molar-refractivity contribution in [2.24, 2.45) is 11.1 Å². The number of carbonyl (C=O) groups is 1. The number of hydrogen-bond donors (Lipinski definition) is 2. The van der Waals surface area contributed by atoms with Gasteiger partial charge in [0, 0.05) is 6.54 Å². The van der Waals surface area contributed by atoms with E-state index >= 15 is 0 Å². The number of amides is 1. The summed E-state index contributed by atoms with van der Waals surface area (Å²) in [6, 6.07) is 0. The van der Waals surface area contributed by atoms with E-state index in [0.29, 0.717) is 13.2 Å². The zero-order valence-electron chi connectivity index (χ0n) is 9.55. The van der Waals surface area contributed by atoms with Gasteiger partial charge >= 0.3 is 0 Å². The van der Waals surface area contributed by atoms with Gasteiger partial charge < -0.3 is 5.73 Å². The van der Waals surface area contributed by atoms with Crippen molar-refractivity contribution >= 4 is 5.91 Å². The molecule has 0 heterocycles. The van der Waals surface area contributed by atoms with Crippen molar-refractivity contribution in [3.05, 3.63) is 0 Å². The van der Waals surface area contributed by atoms with Crippen molar-refractivity contribution in [3.63, 3.8) is 0 Å². The van der Waals surface area contributed by atoms with Crippen LogP contribution in [0.25, 0.3) is 0 Å². The van der Waals surface area contributed by atoms with Gasteiger partial charge in [-0.2, -0.15) is 0 Å². The van der Waals surface area contributed by atoms with Gasteiger partial charge in [-0.25, -0.2) is 5.48 Å². The molecule has 1 amide bonds. The minimum atomic E-state index is -0.383. The fraction of sp³-hybridized carbons (Fsp3) is 0.909. The monoisotopic (exact) mass is 214 g/mol. The summed E-state index contributed by atoms with van der Waals surface area (Å²) in [6.45, 7) is 2.76. The third-order valence-corrected chi connectivity index (χ3v) is 3.24. The second-order valence-electron chi connectivity index (χ2n) is 4.26. The van der Waals surface area contributed by atoms with Crippen LogP contribution in [0.2, 0.25) is 0 Å². The molecule has 3 N–H and O–H groups in total. The highest BCUT2D eigenvalue weighted by Crippen LogP contribution is 2.34. The van der Waals surface area contributed by atoms with E-state index in [4.69, 9.17) is 10.6 Å². The molecule has 0 radical (unpaired) electrons. The van der Waals surface area contributed by atoms with Crippen LogP contribution in [0.1, 0.15) is 45.4 Å². The lowest BCUT2D eigenvalue weighted by molar-refractivity contribution is -0.144. The SMILES string of the molecule is CCONC(=O)C1(CN)CCCCCC1. The first kappa shape index (κ1) is 12.5. The lowest BCUT2D eigenvalue weighted by atomic mass is 9.80. The Bertz CT molecular complexity index is 199. The van der Waals surface area contributed by atoms with Crippen LogP contribution in [0.15, 0.2) is 0 Å². The molecule has 0 atom stereocenters. The van der Waals surface area contributed by atoms with Crippen LogP contribution in [-0.2, 0) is 9.63 Å². The first-order valence-corrected chi connectivity index (χ1v) is 5.87. The van der Waals surface area contributed by atoms with Crippen molar-refractivity contribution < 1.29 is 9.63 Å². The van der Waals surface area contributed by atoms with Crippen molar-refractivity contribution in [1.29, 1.82) is 0 Å². The Hall–Kier alpha value is -0.610. The molecule has 4 heteroatoms. The van der Waals surface area contributed by atoms with Gasteiger partial charge in [0.15, 0.2) is 0 Å². The van der Waals surface area contributed by atoms with E-state index in [1.165, 1.54) is 12.8 Å². The van der Waals surface area contributed by atoms with Gasteiger partial charge in [-0.15, -0.1) is 0 Å². The smallest absolute Gasteiger partial charge is 0.251 e. The maximum Gasteiger partial charge on any atom is 0.251 e. The van der Waals surface area contributed by atoms with Crippen LogP contribution in [0.5, 0.6) is 0 Å². The average molecular weight is 214 g/mol. The summed E-state index contributed by atoms with van der Waals surface area (Å²) in [5.41, 5.74) is 7.88. The predicted octanol–water partition coefficient (Wildman–Crippen LogP) is 1.35. The third-order valence-electron chi connectivity index (χ3n) is 3.24. The second-order valence-corrected chi connectivity index (χ2v) is 4.26. The Morgan fingerprint density at radius 3 is 2.40 bits per heavy atom. The lowest BCUT2D eigenvalue weighted by Gasteiger charge is -2.29. The summed E-state index contributed by atoms with van der Waals surface area (Å²) in [7, 11) is 0. The number of rotatable bonds is 4. The molecular formula is C11H22N2O2. The van der Waals surface area contributed by atoms with Gasteiger partial charge in [0.2, 0.25) is 0 Å². The zero-order valence-corrected chi connectivity index (χ0v) is 9.55. The predicted molar refractivity (Wildman–Crippen MR) is 59.0 cm³/mol. The maximum absolute atomic E-state index is 11.9. The highest BCUT2D eigenvalue weighted by Gasteiger charge is 2.37. The van der Waals surface area contributed by atoms with Crippen molar-refractivity contribution in [3.8, 4) is 0 Å². The molecule has 1 aliphatic carbocycles. The van der Waals surface area contributed by atoms with Crippen LogP contribution in [-0.4, -0.2) is 19.1 Å². The molecule has 88 valence electrons. The van der Waals surface area contributed by atoms with E-state index in [1.54, 1.807) is 0 Å². The standard InChI is InChI=1S/C11H22N2O2/c1-2-15-13-10(14)11(9-12)7-5-3-4-6-8-11/h2-9,12H2,1H3,(H,13,14). The molecule has 0 spiro atoms. The number of nitrogens with one attached hydrogen (secondary N) is 1. The molecule has 0 aromatic heterocycles. The molecule has 0 saturated heterocycles. The van der Waals surface area contributed by atoms with E-state index in [0.717, 1.165) is 25.7 Å². The first-order valence-electron chi connectivity index (χ1n) is 5.87. The summed E-state index contributed by atoms with van der Waals surface area (Å²) >= 11 is 0. The quantitative estimate of drug-likeness (QED) is 0.548. The van der Waals surface area contributed by atoms with Gasteiger partial charge in [-0.3, -0.25) is 9.63 Å². The highest BCUT2D eigenvalue weighted by molar-refractivity contribution is 5.82. The number of hydroxylamine groups is 1. The summed E-state index contributed by atoms with van der Waals surface area (Å²) < 4.78 is 0. The summed E-state index contributed by atoms with van der Waals surface area (Å²) in [6.07, 6.45) is 6.39. The number of hydrogen-bond acceptors (Lipinski definition) is 3. The fourth-order valence-corrected chi connectivity index (χ4v) is 2.18. The van der Waals surface area contributed by atoms with Crippen LogP contribution in [0, 0.1) is 5.41 Å². The van der Waals surface area contributed by atoms with Crippen molar-refractivity contribution in [1.82, 2.24) is 5.48 Å². The molecule has 0 aromatic carbocycles. The van der Waals surface area contributed by atoms with Crippen molar-refractivity contribution in [2.45, 2.75) is 45.4 Å². The first-order chi connectivity index (χ1) is 7.25. The molecule has 4 nitrogen and oxygen atoms in total. The van der Waals surface area contributed by atoms with Crippen LogP contribution in [0.3, 0.4) is 0 Å². The molecule has 0 bridgehead atoms. The molecule has 0 unspecified atom stereocenters. The molecule has 0 aliphatic heterocycles. The highest BCUT2D eigenvalue weighted by atomic mass is 16.6. The summed E-state index contributed by atoms with van der Waals surface area (Å²) in [5, 5.41) is 0. The van der Waals surface area contributed by atoms with Gasteiger partial charge in [0.05, 0.1) is 12.0 Å². The molecule has 1 saturated carbocycles. The summed E-state index contributed by atoms with van der Waals surface area (Å²) in [4.78, 5) is 16.9. The zero-order chi connectivity index (χ0) is 11.1. The number of carbonyl (C=O) groups excluding carboxylic acids is 1. The molecular weight excluding hydrogens is 192 g/mol. The molecule has 1 aliphatic rings. The molecule has 0 aromatic rings. The van der Waals surface area contributed by atoms with Crippen molar-refractivity contribution in [2.75, 3.05) is 13.2 Å². The Morgan fingerprint density at radius 1 is 1.33 bits per heavy atom. The van der Waals surface area contributed by atoms with E-state index in [9.17, 15) is 4.79 Å². The van der Waals surface area contributed by atoms with Crippen LogP contribution < -0.4 is 11.2 Å². The fourth-order valence-electron chi connectivity index (χ4n) is 2.18. The second kappa shape index (κ2) is 6.08. The lowest BCUT2D eigenvalue weighted by Crippen LogP contribution is -2.45. The Labute approximate surface area is 91.5 Å². The van der Waals surface area contributed by atoms with E-state index in [2.05, 4.69) is 5.48 Å². The van der Waals surface area contributed by atoms with Gasteiger partial charge in [0.25, 0.3) is 5.91 Å². The maximum atomic E-state index is 11.9. The Kier molecular flexibility index (Phi) is 5.05. The normalized spacial score (nSPS) is 20.7. The summed E-state index contributed by atoms with van der Waals surface area (Å²) in [5.74, 6) is -0.0336. The minimum absolute atomic E-state index is 0.0336. The third kappa shape index (κ3) is 3.18. The average Bonchev–Trinajstić information content (AvgIpc) is 2.52. The van der Waals surface area contributed by atoms with Gasteiger partial charge in [0.1, 0.15) is 0 Å². The minimum Gasteiger partial charge on any atom is -0.329 e. The molecule has 15 heavy (non-hydrogen) atoms. The van der Waals surface area contributed by atoms with E-state index < -0.39 is 0 Å². The number of nitrogens with two attached hydrogens (primary N) is 1. The topological polar surface area (TPSA) is 64.3 Å². The molecule has 1 rings (SSSR count). The van der Waals surface area contributed by atoms with E-state index in [-0.39, 0.29) is 11.3 Å². The van der Waals surface area contributed by atoms with Crippen LogP contribution in [0.4, 0.5) is 0 Å².